The largest absolute Gasteiger partial charge is 0.316 e. The van der Waals surface area contributed by atoms with Crippen LogP contribution in [0.1, 0.15) is 30.5 Å². The van der Waals surface area contributed by atoms with Crippen LogP contribution in [0.3, 0.4) is 0 Å². The van der Waals surface area contributed by atoms with Gasteiger partial charge in [-0.15, -0.1) is 12.4 Å². The second kappa shape index (κ2) is 6.39. The van der Waals surface area contributed by atoms with Crippen molar-refractivity contribution < 1.29 is 0 Å². The number of hydrogen-bond acceptors (Lipinski definition) is 2. The molecule has 1 fully saturated rings. The van der Waals surface area contributed by atoms with Crippen molar-refractivity contribution >= 4 is 12.4 Å². The van der Waals surface area contributed by atoms with Gasteiger partial charge in [0.2, 0.25) is 0 Å². The monoisotopic (exact) mass is 254 g/mol. The first-order valence-corrected chi connectivity index (χ1v) is 6.18. The molecule has 1 aliphatic rings. The fourth-order valence-electron chi connectivity index (χ4n) is 2.52. The Morgan fingerprint density at radius 3 is 2.76 bits per heavy atom. The van der Waals surface area contributed by atoms with E-state index in [1.165, 1.54) is 30.6 Å². The number of rotatable bonds is 3. The fourth-order valence-corrected chi connectivity index (χ4v) is 2.52. The van der Waals surface area contributed by atoms with E-state index >= 15 is 0 Å². The van der Waals surface area contributed by atoms with Gasteiger partial charge in [-0.25, -0.2) is 0 Å². The Hall–Kier alpha value is -0.570. The summed E-state index contributed by atoms with van der Waals surface area (Å²) in [6.45, 7) is 6.86. The number of nitrogens with one attached hydrogen (secondary N) is 1. The Labute approximate surface area is 111 Å². The van der Waals surface area contributed by atoms with Crippen LogP contribution in [0.25, 0.3) is 0 Å². The minimum absolute atomic E-state index is 0. The van der Waals surface area contributed by atoms with Gasteiger partial charge in [-0.3, -0.25) is 4.90 Å². The maximum absolute atomic E-state index is 3.37. The van der Waals surface area contributed by atoms with Crippen molar-refractivity contribution in [2.45, 2.75) is 32.4 Å². The summed E-state index contributed by atoms with van der Waals surface area (Å²) >= 11 is 0. The molecule has 0 aliphatic carbocycles. The SMILES string of the molecule is CNC1CCN(C(C)c2cccc(C)c2)C1.Cl. The fraction of sp³-hybridized carbons (Fsp3) is 0.571. The normalized spacial score (nSPS) is 22.2. The summed E-state index contributed by atoms with van der Waals surface area (Å²) in [6.07, 6.45) is 1.27. The summed E-state index contributed by atoms with van der Waals surface area (Å²) in [4.78, 5) is 2.57. The molecule has 1 saturated heterocycles. The van der Waals surface area contributed by atoms with Gasteiger partial charge in [-0.05, 0) is 32.9 Å². The molecule has 2 atom stereocenters. The van der Waals surface area contributed by atoms with Gasteiger partial charge in [0.25, 0.3) is 0 Å². The lowest BCUT2D eigenvalue weighted by Gasteiger charge is -2.25. The van der Waals surface area contributed by atoms with Crippen molar-refractivity contribution in [3.05, 3.63) is 35.4 Å². The molecule has 2 unspecified atom stereocenters. The highest BCUT2D eigenvalue weighted by Gasteiger charge is 2.25. The maximum atomic E-state index is 3.37. The summed E-state index contributed by atoms with van der Waals surface area (Å²) in [5, 5.41) is 3.37. The molecule has 0 radical (unpaired) electrons. The topological polar surface area (TPSA) is 15.3 Å². The van der Waals surface area contributed by atoms with Crippen LogP contribution in [0.4, 0.5) is 0 Å². The number of nitrogens with zero attached hydrogens (tertiary/aromatic N) is 1. The molecule has 17 heavy (non-hydrogen) atoms. The maximum Gasteiger partial charge on any atom is 0.0320 e. The van der Waals surface area contributed by atoms with Gasteiger partial charge in [-0.2, -0.15) is 0 Å². The van der Waals surface area contributed by atoms with Crippen LogP contribution in [-0.2, 0) is 0 Å². The van der Waals surface area contributed by atoms with E-state index in [1.807, 2.05) is 0 Å². The number of hydrogen-bond donors (Lipinski definition) is 1. The molecular weight excluding hydrogens is 232 g/mol. The zero-order valence-corrected chi connectivity index (χ0v) is 11.8. The van der Waals surface area contributed by atoms with E-state index < -0.39 is 0 Å². The van der Waals surface area contributed by atoms with Crippen LogP contribution in [0, 0.1) is 6.92 Å². The lowest BCUT2D eigenvalue weighted by Crippen LogP contribution is -2.31. The van der Waals surface area contributed by atoms with Gasteiger partial charge >= 0.3 is 0 Å². The zero-order valence-electron chi connectivity index (χ0n) is 10.9. The third-order valence-electron chi connectivity index (χ3n) is 3.70. The molecule has 1 heterocycles. The van der Waals surface area contributed by atoms with Gasteiger partial charge in [0.05, 0.1) is 0 Å². The number of benzene rings is 1. The highest BCUT2D eigenvalue weighted by Crippen LogP contribution is 2.24. The van der Waals surface area contributed by atoms with Crippen LogP contribution in [0.15, 0.2) is 24.3 Å². The van der Waals surface area contributed by atoms with Crippen molar-refractivity contribution in [3.63, 3.8) is 0 Å². The van der Waals surface area contributed by atoms with Gasteiger partial charge in [0.1, 0.15) is 0 Å². The Balaban J connectivity index is 0.00000144. The number of likely N-dealkylation sites (tertiary alicyclic amines) is 1. The second-order valence-electron chi connectivity index (χ2n) is 4.86. The molecule has 0 amide bonds. The predicted octanol–water partition coefficient (Wildman–Crippen LogP) is 2.77. The number of halogens is 1. The van der Waals surface area contributed by atoms with Crippen LogP contribution >= 0.6 is 12.4 Å². The van der Waals surface area contributed by atoms with E-state index in [4.69, 9.17) is 0 Å². The van der Waals surface area contributed by atoms with E-state index in [2.05, 4.69) is 55.4 Å². The van der Waals surface area contributed by atoms with Gasteiger partial charge in [0, 0.05) is 25.2 Å². The van der Waals surface area contributed by atoms with E-state index in [1.54, 1.807) is 0 Å². The molecular formula is C14H23ClN2. The first-order chi connectivity index (χ1) is 7.70. The summed E-state index contributed by atoms with van der Waals surface area (Å²) in [5.41, 5.74) is 2.80. The second-order valence-corrected chi connectivity index (χ2v) is 4.86. The Morgan fingerprint density at radius 2 is 2.18 bits per heavy atom. The van der Waals surface area contributed by atoms with E-state index in [-0.39, 0.29) is 12.4 Å². The van der Waals surface area contributed by atoms with E-state index in [0.717, 1.165) is 0 Å². The number of aryl methyl sites for hydroxylation is 1. The lowest BCUT2D eigenvalue weighted by atomic mass is 10.0. The third kappa shape index (κ3) is 3.44. The summed E-state index contributed by atoms with van der Waals surface area (Å²) in [6, 6.07) is 10.1. The van der Waals surface area contributed by atoms with Crippen molar-refractivity contribution in [2.24, 2.45) is 0 Å². The molecule has 96 valence electrons. The first kappa shape index (κ1) is 14.5. The van der Waals surface area contributed by atoms with E-state index in [0.29, 0.717) is 12.1 Å². The van der Waals surface area contributed by atoms with Crippen molar-refractivity contribution in [1.82, 2.24) is 10.2 Å². The van der Waals surface area contributed by atoms with Crippen molar-refractivity contribution in [3.8, 4) is 0 Å². The molecule has 1 N–H and O–H groups in total. The van der Waals surface area contributed by atoms with Gasteiger partial charge < -0.3 is 5.32 Å². The molecule has 2 rings (SSSR count). The predicted molar refractivity (Wildman–Crippen MR) is 75.9 cm³/mol. The minimum Gasteiger partial charge on any atom is -0.316 e. The first-order valence-electron chi connectivity index (χ1n) is 6.18. The molecule has 0 aromatic heterocycles. The molecule has 0 spiro atoms. The Bertz CT molecular complexity index is 354. The quantitative estimate of drug-likeness (QED) is 0.893. The van der Waals surface area contributed by atoms with Gasteiger partial charge in [-0.1, -0.05) is 29.8 Å². The molecule has 1 aromatic rings. The van der Waals surface area contributed by atoms with E-state index in [9.17, 15) is 0 Å². The van der Waals surface area contributed by atoms with Crippen molar-refractivity contribution in [1.29, 1.82) is 0 Å². The average molecular weight is 255 g/mol. The minimum atomic E-state index is 0. The van der Waals surface area contributed by atoms with Crippen molar-refractivity contribution in [2.75, 3.05) is 20.1 Å². The van der Waals surface area contributed by atoms with Crippen LogP contribution in [-0.4, -0.2) is 31.1 Å². The Kier molecular flexibility index (Phi) is 5.44. The lowest BCUT2D eigenvalue weighted by molar-refractivity contribution is 0.257. The van der Waals surface area contributed by atoms with Crippen LogP contribution in [0.5, 0.6) is 0 Å². The molecule has 1 aliphatic heterocycles. The summed E-state index contributed by atoms with van der Waals surface area (Å²) in [7, 11) is 2.06. The smallest absolute Gasteiger partial charge is 0.0320 e. The summed E-state index contributed by atoms with van der Waals surface area (Å²) in [5.74, 6) is 0. The molecule has 1 aromatic carbocycles. The standard InChI is InChI=1S/C14H22N2.ClH/c1-11-5-4-6-13(9-11)12(2)16-8-7-14(10-16)15-3;/h4-6,9,12,14-15H,7-8,10H2,1-3H3;1H. The third-order valence-corrected chi connectivity index (χ3v) is 3.70. The highest BCUT2D eigenvalue weighted by molar-refractivity contribution is 5.85. The Morgan fingerprint density at radius 1 is 1.41 bits per heavy atom. The van der Waals surface area contributed by atoms with Gasteiger partial charge in [0.15, 0.2) is 0 Å². The number of likely N-dealkylation sites (N-methyl/N-ethyl adjacent to an activating group) is 1. The molecule has 3 heteroatoms. The molecule has 0 bridgehead atoms. The molecule has 0 saturated carbocycles. The average Bonchev–Trinajstić information content (AvgIpc) is 2.76. The van der Waals surface area contributed by atoms with Crippen LogP contribution in [0.2, 0.25) is 0 Å². The van der Waals surface area contributed by atoms with Crippen LogP contribution < -0.4 is 5.32 Å². The zero-order chi connectivity index (χ0) is 11.5. The molecule has 2 nitrogen and oxygen atoms in total. The highest BCUT2D eigenvalue weighted by atomic mass is 35.5. The summed E-state index contributed by atoms with van der Waals surface area (Å²) < 4.78 is 0.